The predicted molar refractivity (Wildman–Crippen MR) is 110 cm³/mol. The van der Waals surface area contributed by atoms with E-state index in [-0.39, 0.29) is 11.3 Å². The maximum absolute atomic E-state index is 12.9. The van der Waals surface area contributed by atoms with E-state index in [0.717, 1.165) is 48.0 Å². The third-order valence-corrected chi connectivity index (χ3v) is 6.48. The van der Waals surface area contributed by atoms with E-state index in [2.05, 4.69) is 39.9 Å². The van der Waals surface area contributed by atoms with Crippen LogP contribution in [0.5, 0.6) is 0 Å². The molecule has 0 bridgehead atoms. The van der Waals surface area contributed by atoms with Gasteiger partial charge in [0.2, 0.25) is 0 Å². The van der Waals surface area contributed by atoms with E-state index in [4.69, 9.17) is 4.98 Å². The van der Waals surface area contributed by atoms with Crippen molar-refractivity contribution in [1.29, 1.82) is 0 Å². The van der Waals surface area contributed by atoms with Gasteiger partial charge < -0.3 is 15.2 Å². The van der Waals surface area contributed by atoms with E-state index in [1.165, 1.54) is 5.56 Å². The number of carbonyl (C=O) groups is 1. The third-order valence-electron chi connectivity index (χ3n) is 5.62. The lowest BCUT2D eigenvalue weighted by molar-refractivity contribution is 0.0683. The summed E-state index contributed by atoms with van der Waals surface area (Å²) in [5.74, 6) is 0.115. The van der Waals surface area contributed by atoms with E-state index >= 15 is 0 Å². The van der Waals surface area contributed by atoms with Crippen molar-refractivity contribution in [3.05, 3.63) is 70.5 Å². The van der Waals surface area contributed by atoms with Crippen LogP contribution < -0.4 is 5.32 Å². The summed E-state index contributed by atoms with van der Waals surface area (Å²) in [5.41, 5.74) is 3.94. The maximum atomic E-state index is 12.9. The van der Waals surface area contributed by atoms with E-state index in [1.54, 1.807) is 11.3 Å². The highest BCUT2D eigenvalue weighted by Gasteiger charge is 2.41. The minimum absolute atomic E-state index is 0.115. The van der Waals surface area contributed by atoms with Crippen LogP contribution in [0.1, 0.15) is 40.2 Å². The van der Waals surface area contributed by atoms with Crippen molar-refractivity contribution in [2.24, 2.45) is 0 Å². The molecular weight excluding hydrogens is 356 g/mol. The van der Waals surface area contributed by atoms with Crippen molar-refractivity contribution >= 4 is 22.4 Å². The van der Waals surface area contributed by atoms with Gasteiger partial charge in [0, 0.05) is 42.8 Å². The monoisotopic (exact) mass is 380 g/mol. The average Bonchev–Trinajstić information content (AvgIpc) is 3.37. The van der Waals surface area contributed by atoms with Gasteiger partial charge in [-0.2, -0.15) is 0 Å². The molecule has 0 saturated carbocycles. The smallest absolute Gasteiger partial charge is 0.255 e. The maximum Gasteiger partial charge on any atom is 0.255 e. The summed E-state index contributed by atoms with van der Waals surface area (Å²) in [6, 6.07) is 12.5. The third kappa shape index (κ3) is 3.14. The number of aromatic nitrogens is 2. The van der Waals surface area contributed by atoms with E-state index < -0.39 is 0 Å². The van der Waals surface area contributed by atoms with Crippen molar-refractivity contribution in [2.45, 2.75) is 25.2 Å². The molecular formula is C21H24N4OS. The van der Waals surface area contributed by atoms with Crippen LogP contribution in [0.4, 0.5) is 5.13 Å². The number of aryl methyl sites for hydroxylation is 1. The lowest BCUT2D eigenvalue weighted by atomic mass is 9.70. The predicted octanol–water partition coefficient (Wildman–Crippen LogP) is 4.04. The van der Waals surface area contributed by atoms with Gasteiger partial charge in [0.15, 0.2) is 5.13 Å². The molecule has 4 rings (SSSR count). The Morgan fingerprint density at radius 3 is 2.56 bits per heavy atom. The zero-order valence-corrected chi connectivity index (χ0v) is 16.5. The molecule has 2 aromatic heterocycles. The highest BCUT2D eigenvalue weighted by atomic mass is 32.1. The number of piperidine rings is 1. The molecule has 5 nitrogen and oxygen atoms in total. The number of carbonyl (C=O) groups excluding carboxylic acids is 1. The molecule has 1 aliphatic heterocycles. The molecule has 1 fully saturated rings. The molecule has 3 heterocycles. The number of hydrogen-bond acceptors (Lipinski definition) is 4. The van der Waals surface area contributed by atoms with Gasteiger partial charge in [0.1, 0.15) is 0 Å². The number of amides is 1. The summed E-state index contributed by atoms with van der Waals surface area (Å²) < 4.78 is 0. The average molecular weight is 381 g/mol. The number of aromatic amines is 1. The fourth-order valence-corrected chi connectivity index (χ4v) is 4.78. The Balaban J connectivity index is 1.63. The number of H-pyrrole nitrogens is 1. The van der Waals surface area contributed by atoms with Crippen LogP contribution in [0.25, 0.3) is 0 Å². The SMILES string of the molecule is CNc1nc(C2(c3ccccc3)CCN(C(=O)c3cc[nH]c3C)CC2)cs1. The summed E-state index contributed by atoms with van der Waals surface area (Å²) in [6.07, 6.45) is 3.58. The first-order chi connectivity index (χ1) is 13.1. The summed E-state index contributed by atoms with van der Waals surface area (Å²) in [5, 5.41) is 6.24. The Morgan fingerprint density at radius 1 is 1.22 bits per heavy atom. The number of likely N-dealkylation sites (tertiary alicyclic amines) is 1. The van der Waals surface area contributed by atoms with Gasteiger partial charge in [-0.1, -0.05) is 30.3 Å². The van der Waals surface area contributed by atoms with Crippen LogP contribution in [0, 0.1) is 6.92 Å². The second-order valence-electron chi connectivity index (χ2n) is 7.04. The Morgan fingerprint density at radius 2 is 1.96 bits per heavy atom. The molecule has 0 aliphatic carbocycles. The second-order valence-corrected chi connectivity index (χ2v) is 7.90. The minimum Gasteiger partial charge on any atom is -0.365 e. The summed E-state index contributed by atoms with van der Waals surface area (Å²) in [7, 11) is 1.90. The Labute approximate surface area is 163 Å². The standard InChI is InChI=1S/C21H24N4OS/c1-15-17(8-11-23-15)19(26)25-12-9-21(10-13-25,16-6-4-3-5-7-16)18-14-27-20(22-2)24-18/h3-8,11,14,23H,9-10,12-13H2,1-2H3,(H,22,24). The molecule has 3 aromatic rings. The van der Waals surface area contributed by atoms with Crippen molar-refractivity contribution in [3.63, 3.8) is 0 Å². The molecule has 2 N–H and O–H groups in total. The fourth-order valence-electron chi connectivity index (χ4n) is 4.00. The fraction of sp³-hybridized carbons (Fsp3) is 0.333. The minimum atomic E-state index is -0.142. The molecule has 0 spiro atoms. The topological polar surface area (TPSA) is 61.0 Å². The van der Waals surface area contributed by atoms with Gasteiger partial charge in [-0.05, 0) is 31.4 Å². The lowest BCUT2D eigenvalue weighted by Crippen LogP contribution is -2.46. The molecule has 6 heteroatoms. The molecule has 1 amide bonds. The quantitative estimate of drug-likeness (QED) is 0.718. The normalized spacial score (nSPS) is 16.3. The van der Waals surface area contributed by atoms with Gasteiger partial charge in [-0.15, -0.1) is 11.3 Å². The molecule has 140 valence electrons. The second kappa shape index (κ2) is 7.19. The van der Waals surface area contributed by atoms with Crippen molar-refractivity contribution in [1.82, 2.24) is 14.9 Å². The number of rotatable bonds is 4. The van der Waals surface area contributed by atoms with Gasteiger partial charge >= 0.3 is 0 Å². The first-order valence-corrected chi connectivity index (χ1v) is 10.1. The number of thiazole rings is 1. The van der Waals surface area contributed by atoms with Gasteiger partial charge in [0.25, 0.3) is 5.91 Å². The summed E-state index contributed by atoms with van der Waals surface area (Å²) >= 11 is 1.64. The van der Waals surface area contributed by atoms with E-state index in [0.29, 0.717) is 0 Å². The Kier molecular flexibility index (Phi) is 4.74. The molecule has 0 atom stereocenters. The molecule has 1 saturated heterocycles. The van der Waals surface area contributed by atoms with Crippen LogP contribution in [-0.2, 0) is 5.41 Å². The van der Waals surface area contributed by atoms with Gasteiger partial charge in [-0.3, -0.25) is 4.79 Å². The van der Waals surface area contributed by atoms with E-state index in [9.17, 15) is 4.79 Å². The molecule has 27 heavy (non-hydrogen) atoms. The van der Waals surface area contributed by atoms with Crippen LogP contribution >= 0.6 is 11.3 Å². The Hall–Kier alpha value is -2.60. The van der Waals surface area contributed by atoms with Crippen molar-refractivity contribution in [2.75, 3.05) is 25.5 Å². The number of benzene rings is 1. The number of nitrogens with zero attached hydrogens (tertiary/aromatic N) is 2. The van der Waals surface area contributed by atoms with Crippen molar-refractivity contribution in [3.8, 4) is 0 Å². The first-order valence-electron chi connectivity index (χ1n) is 9.26. The Bertz CT molecular complexity index is 923. The van der Waals surface area contributed by atoms with E-state index in [1.807, 2.05) is 37.2 Å². The van der Waals surface area contributed by atoms with Crippen LogP contribution in [0.2, 0.25) is 0 Å². The zero-order valence-electron chi connectivity index (χ0n) is 15.7. The molecule has 0 unspecified atom stereocenters. The van der Waals surface area contributed by atoms with Crippen molar-refractivity contribution < 1.29 is 4.79 Å². The summed E-state index contributed by atoms with van der Waals surface area (Å²) in [6.45, 7) is 3.40. The highest BCUT2D eigenvalue weighted by Crippen LogP contribution is 2.42. The lowest BCUT2D eigenvalue weighted by Gasteiger charge is -2.41. The first kappa shape index (κ1) is 17.8. The number of nitrogens with one attached hydrogen (secondary N) is 2. The van der Waals surface area contributed by atoms with Crippen LogP contribution in [-0.4, -0.2) is 40.9 Å². The molecule has 1 aromatic carbocycles. The molecule has 0 radical (unpaired) electrons. The number of hydrogen-bond donors (Lipinski definition) is 2. The van der Waals surface area contributed by atoms with Crippen LogP contribution in [0.15, 0.2) is 48.0 Å². The zero-order chi connectivity index (χ0) is 18.9. The van der Waals surface area contributed by atoms with Crippen LogP contribution in [0.3, 0.4) is 0 Å². The van der Waals surface area contributed by atoms with Gasteiger partial charge in [0.05, 0.1) is 11.3 Å². The highest BCUT2D eigenvalue weighted by molar-refractivity contribution is 7.13. The largest absolute Gasteiger partial charge is 0.365 e. The number of anilines is 1. The molecule has 1 aliphatic rings. The summed E-state index contributed by atoms with van der Waals surface area (Å²) in [4.78, 5) is 22.8. The van der Waals surface area contributed by atoms with Gasteiger partial charge in [-0.25, -0.2) is 4.98 Å².